The lowest BCUT2D eigenvalue weighted by atomic mass is 10.1. The van der Waals surface area contributed by atoms with Gasteiger partial charge in [-0.3, -0.25) is 9.59 Å². The van der Waals surface area contributed by atoms with E-state index in [1.807, 2.05) is 25.1 Å². The third kappa shape index (κ3) is 5.22. The van der Waals surface area contributed by atoms with Crippen LogP contribution in [0.25, 0.3) is 0 Å². The van der Waals surface area contributed by atoms with Crippen molar-refractivity contribution in [3.05, 3.63) is 23.8 Å². The molecular weight excluding hydrogens is 342 g/mol. The van der Waals surface area contributed by atoms with Crippen molar-refractivity contribution in [3.63, 3.8) is 0 Å². The molecule has 0 unspecified atom stereocenters. The summed E-state index contributed by atoms with van der Waals surface area (Å²) < 4.78 is 5.68. The average molecular weight is 373 g/mol. The van der Waals surface area contributed by atoms with Crippen LogP contribution in [-0.2, 0) is 9.59 Å². The lowest BCUT2D eigenvalue weighted by Gasteiger charge is -2.33. The number of aryl methyl sites for hydroxylation is 1. The Morgan fingerprint density at radius 2 is 2.00 bits per heavy atom. The van der Waals surface area contributed by atoms with Gasteiger partial charge in [0, 0.05) is 19.5 Å². The van der Waals surface area contributed by atoms with E-state index < -0.39 is 6.10 Å². The molecule has 6 heteroatoms. The number of piperidine rings is 1. The Labute approximate surface area is 161 Å². The molecule has 1 aromatic carbocycles. The highest BCUT2D eigenvalue weighted by molar-refractivity contribution is 6.00. The van der Waals surface area contributed by atoms with Gasteiger partial charge in [-0.2, -0.15) is 0 Å². The Hall–Kier alpha value is -2.08. The summed E-state index contributed by atoms with van der Waals surface area (Å²) in [6.07, 6.45) is 4.68. The summed E-state index contributed by atoms with van der Waals surface area (Å²) in [5, 5.41) is 2.99. The van der Waals surface area contributed by atoms with Crippen molar-refractivity contribution in [2.45, 2.75) is 52.1 Å². The summed E-state index contributed by atoms with van der Waals surface area (Å²) in [6.45, 7) is 8.22. The van der Waals surface area contributed by atoms with E-state index in [-0.39, 0.29) is 11.8 Å². The molecule has 1 fully saturated rings. The number of hydrogen-bond acceptors (Lipinski definition) is 4. The SMILES string of the molecule is Cc1ccc2c(c1)N(CCC(=O)NCCCN1CCCCC1)C(=O)[C@H](C)O2. The molecule has 148 valence electrons. The molecule has 3 rings (SSSR count). The second-order valence-electron chi connectivity index (χ2n) is 7.58. The average Bonchev–Trinajstić information content (AvgIpc) is 2.67. The van der Waals surface area contributed by atoms with Crippen LogP contribution in [0.15, 0.2) is 18.2 Å². The van der Waals surface area contributed by atoms with Gasteiger partial charge in [-0.05, 0) is 70.4 Å². The zero-order chi connectivity index (χ0) is 19.2. The van der Waals surface area contributed by atoms with Crippen LogP contribution in [-0.4, -0.2) is 55.5 Å². The van der Waals surface area contributed by atoms with Crippen molar-refractivity contribution in [2.75, 3.05) is 37.6 Å². The summed E-state index contributed by atoms with van der Waals surface area (Å²) in [5.41, 5.74) is 1.82. The molecule has 0 radical (unpaired) electrons. The van der Waals surface area contributed by atoms with E-state index in [1.54, 1.807) is 11.8 Å². The van der Waals surface area contributed by atoms with Crippen LogP contribution in [0.5, 0.6) is 5.75 Å². The van der Waals surface area contributed by atoms with Crippen molar-refractivity contribution >= 4 is 17.5 Å². The maximum Gasteiger partial charge on any atom is 0.267 e. The van der Waals surface area contributed by atoms with E-state index in [4.69, 9.17) is 4.74 Å². The zero-order valence-corrected chi connectivity index (χ0v) is 16.5. The van der Waals surface area contributed by atoms with Crippen molar-refractivity contribution in [2.24, 2.45) is 0 Å². The molecule has 1 N–H and O–H groups in total. The second-order valence-corrected chi connectivity index (χ2v) is 7.58. The molecule has 0 bridgehead atoms. The fourth-order valence-electron chi connectivity index (χ4n) is 3.76. The van der Waals surface area contributed by atoms with E-state index in [9.17, 15) is 9.59 Å². The second kappa shape index (κ2) is 9.22. The molecule has 2 heterocycles. The van der Waals surface area contributed by atoms with Crippen molar-refractivity contribution in [1.29, 1.82) is 0 Å². The molecule has 2 amide bonds. The number of nitrogens with zero attached hydrogens (tertiary/aromatic N) is 2. The summed E-state index contributed by atoms with van der Waals surface area (Å²) in [7, 11) is 0. The fraction of sp³-hybridized carbons (Fsp3) is 0.619. The molecule has 27 heavy (non-hydrogen) atoms. The van der Waals surface area contributed by atoms with Gasteiger partial charge in [-0.1, -0.05) is 12.5 Å². The van der Waals surface area contributed by atoms with Crippen molar-refractivity contribution in [1.82, 2.24) is 10.2 Å². The topological polar surface area (TPSA) is 61.9 Å². The number of rotatable bonds is 7. The lowest BCUT2D eigenvalue weighted by molar-refractivity contribution is -0.125. The van der Waals surface area contributed by atoms with Gasteiger partial charge in [-0.25, -0.2) is 0 Å². The number of carbonyl (C=O) groups excluding carboxylic acids is 2. The van der Waals surface area contributed by atoms with Gasteiger partial charge in [0.2, 0.25) is 5.91 Å². The Morgan fingerprint density at radius 3 is 2.78 bits per heavy atom. The van der Waals surface area contributed by atoms with Crippen molar-refractivity contribution in [3.8, 4) is 5.75 Å². The van der Waals surface area contributed by atoms with Gasteiger partial charge in [0.1, 0.15) is 5.75 Å². The maximum absolute atomic E-state index is 12.5. The number of carbonyl (C=O) groups is 2. The molecule has 0 aliphatic carbocycles. The van der Waals surface area contributed by atoms with Crippen LogP contribution < -0.4 is 15.0 Å². The Balaban J connectivity index is 1.45. The van der Waals surface area contributed by atoms with Crippen LogP contribution in [0.2, 0.25) is 0 Å². The zero-order valence-electron chi connectivity index (χ0n) is 16.5. The number of benzene rings is 1. The number of amides is 2. The van der Waals surface area contributed by atoms with Gasteiger partial charge >= 0.3 is 0 Å². The summed E-state index contributed by atoms with van der Waals surface area (Å²) in [4.78, 5) is 28.9. The Kier molecular flexibility index (Phi) is 6.72. The van der Waals surface area contributed by atoms with Crippen molar-refractivity contribution < 1.29 is 14.3 Å². The minimum atomic E-state index is -0.521. The first kappa shape index (κ1) is 19.7. The van der Waals surface area contributed by atoms with Gasteiger partial charge in [0.25, 0.3) is 5.91 Å². The predicted molar refractivity (Wildman–Crippen MR) is 106 cm³/mol. The van der Waals surface area contributed by atoms with Crippen LogP contribution >= 0.6 is 0 Å². The van der Waals surface area contributed by atoms with Crippen LogP contribution in [0.4, 0.5) is 5.69 Å². The third-order valence-electron chi connectivity index (χ3n) is 5.31. The summed E-state index contributed by atoms with van der Waals surface area (Å²) >= 11 is 0. The number of anilines is 1. The van der Waals surface area contributed by atoms with E-state index >= 15 is 0 Å². The lowest BCUT2D eigenvalue weighted by Crippen LogP contribution is -2.46. The van der Waals surface area contributed by atoms with Gasteiger partial charge in [0.15, 0.2) is 6.10 Å². The fourth-order valence-corrected chi connectivity index (χ4v) is 3.76. The number of ether oxygens (including phenoxy) is 1. The van der Waals surface area contributed by atoms with E-state index in [1.165, 1.54) is 32.4 Å². The molecule has 0 spiro atoms. The molecule has 1 aromatic rings. The minimum Gasteiger partial charge on any atom is -0.479 e. The summed E-state index contributed by atoms with van der Waals surface area (Å²) in [6, 6.07) is 5.80. The number of hydrogen-bond donors (Lipinski definition) is 1. The third-order valence-corrected chi connectivity index (χ3v) is 5.31. The Morgan fingerprint density at radius 1 is 1.22 bits per heavy atom. The molecule has 0 saturated carbocycles. The molecule has 2 aliphatic rings. The van der Waals surface area contributed by atoms with Crippen LogP contribution in [0.3, 0.4) is 0 Å². The molecule has 1 saturated heterocycles. The monoisotopic (exact) mass is 373 g/mol. The molecule has 2 aliphatic heterocycles. The van der Waals surface area contributed by atoms with E-state index in [0.29, 0.717) is 25.3 Å². The number of nitrogens with one attached hydrogen (secondary N) is 1. The summed E-state index contributed by atoms with van der Waals surface area (Å²) in [5.74, 6) is 0.607. The molecule has 1 atom stereocenters. The molecule has 6 nitrogen and oxygen atoms in total. The van der Waals surface area contributed by atoms with E-state index in [2.05, 4.69) is 10.2 Å². The number of fused-ring (bicyclic) bond motifs is 1. The highest BCUT2D eigenvalue weighted by Crippen LogP contribution is 2.34. The van der Waals surface area contributed by atoms with Gasteiger partial charge in [-0.15, -0.1) is 0 Å². The normalized spacial score (nSPS) is 20.1. The smallest absolute Gasteiger partial charge is 0.267 e. The van der Waals surface area contributed by atoms with Gasteiger partial charge in [0.05, 0.1) is 5.69 Å². The maximum atomic E-state index is 12.5. The largest absolute Gasteiger partial charge is 0.479 e. The first-order chi connectivity index (χ1) is 13.0. The first-order valence-corrected chi connectivity index (χ1v) is 10.1. The standard InChI is InChI=1S/C21H31N3O3/c1-16-7-8-19-18(15-16)24(21(26)17(2)27-19)14-9-20(25)22-10-6-13-23-11-4-3-5-12-23/h7-8,15,17H,3-6,9-14H2,1-2H3,(H,22,25)/t17-/m0/s1. The highest BCUT2D eigenvalue weighted by atomic mass is 16.5. The Bertz CT molecular complexity index is 671. The van der Waals surface area contributed by atoms with Crippen LogP contribution in [0, 0.1) is 6.92 Å². The molecule has 0 aromatic heterocycles. The number of likely N-dealkylation sites (tertiary alicyclic amines) is 1. The van der Waals surface area contributed by atoms with Gasteiger partial charge < -0.3 is 19.9 Å². The highest BCUT2D eigenvalue weighted by Gasteiger charge is 2.31. The quantitative estimate of drug-likeness (QED) is 0.746. The van der Waals surface area contributed by atoms with E-state index in [0.717, 1.165) is 24.2 Å². The minimum absolute atomic E-state index is 0.00482. The molecular formula is C21H31N3O3. The first-order valence-electron chi connectivity index (χ1n) is 10.1. The van der Waals surface area contributed by atoms with Crippen LogP contribution in [0.1, 0.15) is 44.6 Å². The predicted octanol–water partition coefficient (Wildman–Crippen LogP) is 2.49.